The molecule has 2 heterocycles. The van der Waals surface area contributed by atoms with Crippen LogP contribution in [0.4, 0.5) is 0 Å². The maximum atomic E-state index is 11.7. The van der Waals surface area contributed by atoms with Gasteiger partial charge in [0.25, 0.3) is 5.91 Å². The number of H-pyrrole nitrogens is 1. The molecule has 0 bridgehead atoms. The number of aryl methyl sites for hydroxylation is 1. The molecular weight excluding hydrogens is 218 g/mol. The zero-order chi connectivity index (χ0) is 12.1. The van der Waals surface area contributed by atoms with E-state index >= 15 is 0 Å². The highest BCUT2D eigenvalue weighted by Gasteiger charge is 2.16. The molecule has 1 saturated heterocycles. The second-order valence-electron chi connectivity index (χ2n) is 4.38. The quantitative estimate of drug-likeness (QED) is 0.693. The summed E-state index contributed by atoms with van der Waals surface area (Å²) in [6.07, 6.45) is 3.11. The van der Waals surface area contributed by atoms with E-state index in [1.54, 1.807) is 0 Å². The second kappa shape index (κ2) is 5.77. The standard InChI is InChI=1S/C11H19N5O/c1-2-9-14-10(16-15-9)11(17)13-7-8-4-3-5-12-6-8/h8,12H,2-7H2,1H3,(H,13,17)(H,14,15,16). The highest BCUT2D eigenvalue weighted by Crippen LogP contribution is 2.08. The van der Waals surface area contributed by atoms with E-state index in [4.69, 9.17) is 0 Å². The smallest absolute Gasteiger partial charge is 0.290 e. The molecule has 0 aliphatic carbocycles. The second-order valence-corrected chi connectivity index (χ2v) is 4.38. The van der Waals surface area contributed by atoms with Crippen molar-refractivity contribution < 1.29 is 4.79 Å². The zero-order valence-electron chi connectivity index (χ0n) is 10.1. The van der Waals surface area contributed by atoms with E-state index in [2.05, 4.69) is 25.8 Å². The zero-order valence-corrected chi connectivity index (χ0v) is 10.1. The first-order valence-corrected chi connectivity index (χ1v) is 6.19. The summed E-state index contributed by atoms with van der Waals surface area (Å²) >= 11 is 0. The summed E-state index contributed by atoms with van der Waals surface area (Å²) in [5.41, 5.74) is 0. The average molecular weight is 237 g/mol. The lowest BCUT2D eigenvalue weighted by atomic mass is 10.00. The summed E-state index contributed by atoms with van der Waals surface area (Å²) in [5, 5.41) is 12.8. The Morgan fingerprint density at radius 2 is 2.47 bits per heavy atom. The van der Waals surface area contributed by atoms with Gasteiger partial charge < -0.3 is 10.6 Å². The van der Waals surface area contributed by atoms with Crippen LogP contribution in [0.3, 0.4) is 0 Å². The van der Waals surface area contributed by atoms with Crippen LogP contribution in [-0.2, 0) is 6.42 Å². The summed E-state index contributed by atoms with van der Waals surface area (Å²) in [6.45, 7) is 4.73. The number of aromatic nitrogens is 3. The predicted octanol–water partition coefficient (Wildman–Crippen LogP) is 0.0965. The Balaban J connectivity index is 1.80. The summed E-state index contributed by atoms with van der Waals surface area (Å²) in [7, 11) is 0. The fourth-order valence-electron chi connectivity index (χ4n) is 1.97. The number of carbonyl (C=O) groups is 1. The van der Waals surface area contributed by atoms with Crippen LogP contribution in [0.25, 0.3) is 0 Å². The van der Waals surface area contributed by atoms with E-state index in [1.807, 2.05) is 6.92 Å². The summed E-state index contributed by atoms with van der Waals surface area (Å²) < 4.78 is 0. The van der Waals surface area contributed by atoms with Gasteiger partial charge in [-0.15, -0.1) is 5.10 Å². The van der Waals surface area contributed by atoms with E-state index in [9.17, 15) is 4.79 Å². The van der Waals surface area contributed by atoms with E-state index in [0.29, 0.717) is 12.5 Å². The number of carbonyl (C=O) groups excluding carboxylic acids is 1. The third-order valence-corrected chi connectivity index (χ3v) is 3.02. The number of aromatic amines is 1. The topological polar surface area (TPSA) is 82.7 Å². The first-order valence-electron chi connectivity index (χ1n) is 6.19. The minimum absolute atomic E-state index is 0.188. The Labute approximate surface area is 101 Å². The lowest BCUT2D eigenvalue weighted by Gasteiger charge is -2.22. The third-order valence-electron chi connectivity index (χ3n) is 3.02. The molecule has 0 saturated carbocycles. The van der Waals surface area contributed by atoms with Gasteiger partial charge in [-0.3, -0.25) is 9.89 Å². The van der Waals surface area contributed by atoms with E-state index in [1.165, 1.54) is 12.8 Å². The minimum atomic E-state index is -0.188. The number of rotatable bonds is 4. The Bertz CT molecular complexity index is 370. The van der Waals surface area contributed by atoms with Crippen molar-refractivity contribution in [1.82, 2.24) is 25.8 Å². The summed E-state index contributed by atoms with van der Waals surface area (Å²) in [6, 6.07) is 0. The first-order chi connectivity index (χ1) is 8.29. The van der Waals surface area contributed by atoms with Gasteiger partial charge >= 0.3 is 0 Å². The Morgan fingerprint density at radius 3 is 3.12 bits per heavy atom. The molecule has 1 unspecified atom stereocenters. The molecule has 0 radical (unpaired) electrons. The summed E-state index contributed by atoms with van der Waals surface area (Å²) in [5.74, 6) is 1.32. The molecule has 1 aliphatic heterocycles. The van der Waals surface area contributed by atoms with Gasteiger partial charge in [0.05, 0.1) is 0 Å². The fourth-order valence-corrected chi connectivity index (χ4v) is 1.97. The predicted molar refractivity (Wildman–Crippen MR) is 63.7 cm³/mol. The monoisotopic (exact) mass is 237 g/mol. The molecule has 0 spiro atoms. The van der Waals surface area contributed by atoms with Crippen LogP contribution in [0.1, 0.15) is 36.2 Å². The number of amides is 1. The molecule has 2 rings (SSSR count). The van der Waals surface area contributed by atoms with Crippen molar-refractivity contribution in [1.29, 1.82) is 0 Å². The van der Waals surface area contributed by atoms with Gasteiger partial charge in [-0.2, -0.15) is 0 Å². The Morgan fingerprint density at radius 1 is 1.59 bits per heavy atom. The minimum Gasteiger partial charge on any atom is -0.349 e. The molecule has 1 fully saturated rings. The van der Waals surface area contributed by atoms with E-state index < -0.39 is 0 Å². The highest BCUT2D eigenvalue weighted by molar-refractivity contribution is 5.90. The van der Waals surface area contributed by atoms with Crippen LogP contribution in [0.5, 0.6) is 0 Å². The largest absolute Gasteiger partial charge is 0.349 e. The number of nitrogens with zero attached hydrogens (tertiary/aromatic N) is 2. The number of hydrogen-bond donors (Lipinski definition) is 3. The fraction of sp³-hybridized carbons (Fsp3) is 0.727. The number of nitrogens with one attached hydrogen (secondary N) is 3. The van der Waals surface area contributed by atoms with E-state index in [-0.39, 0.29) is 11.7 Å². The number of hydrogen-bond acceptors (Lipinski definition) is 4. The van der Waals surface area contributed by atoms with Crippen molar-refractivity contribution in [3.05, 3.63) is 11.6 Å². The van der Waals surface area contributed by atoms with Crippen LogP contribution in [0.15, 0.2) is 0 Å². The lowest BCUT2D eigenvalue weighted by Crippen LogP contribution is -2.38. The molecule has 94 valence electrons. The van der Waals surface area contributed by atoms with Crippen LogP contribution in [0.2, 0.25) is 0 Å². The lowest BCUT2D eigenvalue weighted by molar-refractivity contribution is 0.0934. The normalized spacial score (nSPS) is 20.2. The molecule has 1 atom stereocenters. The molecule has 1 aliphatic rings. The van der Waals surface area contributed by atoms with Gasteiger partial charge in [-0.1, -0.05) is 6.92 Å². The maximum Gasteiger partial charge on any atom is 0.290 e. The Hall–Kier alpha value is -1.43. The van der Waals surface area contributed by atoms with Gasteiger partial charge in [0, 0.05) is 13.0 Å². The third kappa shape index (κ3) is 3.26. The van der Waals surface area contributed by atoms with Crippen LogP contribution in [-0.4, -0.2) is 40.7 Å². The van der Waals surface area contributed by atoms with Crippen molar-refractivity contribution in [2.75, 3.05) is 19.6 Å². The van der Waals surface area contributed by atoms with Gasteiger partial charge in [-0.05, 0) is 31.8 Å². The molecule has 1 amide bonds. The molecule has 6 nitrogen and oxygen atoms in total. The molecule has 17 heavy (non-hydrogen) atoms. The summed E-state index contributed by atoms with van der Waals surface area (Å²) in [4.78, 5) is 15.8. The molecule has 1 aromatic heterocycles. The average Bonchev–Trinajstić information content (AvgIpc) is 2.86. The van der Waals surface area contributed by atoms with Crippen molar-refractivity contribution in [2.45, 2.75) is 26.2 Å². The van der Waals surface area contributed by atoms with Gasteiger partial charge in [-0.25, -0.2) is 4.98 Å². The van der Waals surface area contributed by atoms with Crippen LogP contribution < -0.4 is 10.6 Å². The highest BCUT2D eigenvalue weighted by atomic mass is 16.2. The molecule has 0 aromatic carbocycles. The SMILES string of the molecule is CCc1nc(C(=O)NCC2CCCNC2)n[nH]1. The molecular formula is C11H19N5O. The number of piperidine rings is 1. The van der Waals surface area contributed by atoms with Gasteiger partial charge in [0.15, 0.2) is 0 Å². The van der Waals surface area contributed by atoms with Crippen molar-refractivity contribution in [2.24, 2.45) is 5.92 Å². The van der Waals surface area contributed by atoms with Crippen LogP contribution >= 0.6 is 0 Å². The van der Waals surface area contributed by atoms with Crippen molar-refractivity contribution >= 4 is 5.91 Å². The maximum absolute atomic E-state index is 11.7. The molecule has 3 N–H and O–H groups in total. The van der Waals surface area contributed by atoms with E-state index in [0.717, 1.165) is 25.3 Å². The molecule has 1 aromatic rings. The van der Waals surface area contributed by atoms with Crippen molar-refractivity contribution in [3.8, 4) is 0 Å². The van der Waals surface area contributed by atoms with Crippen LogP contribution in [0, 0.1) is 5.92 Å². The first kappa shape index (κ1) is 12.0. The Kier molecular flexibility index (Phi) is 4.08. The van der Waals surface area contributed by atoms with Crippen molar-refractivity contribution in [3.63, 3.8) is 0 Å². The molecule has 6 heteroatoms. The van der Waals surface area contributed by atoms with Gasteiger partial charge in [0.1, 0.15) is 5.82 Å². The van der Waals surface area contributed by atoms with Gasteiger partial charge in [0.2, 0.25) is 5.82 Å².